The van der Waals surface area contributed by atoms with E-state index in [4.69, 9.17) is 65.4 Å². The molecule has 26 heteroatoms. The monoisotopic (exact) mass is 1510 g/mol. The summed E-state index contributed by atoms with van der Waals surface area (Å²) in [4.78, 5) is 57.7. The third-order valence-corrected chi connectivity index (χ3v) is 35.9. The summed E-state index contributed by atoms with van der Waals surface area (Å²) in [5, 5.41) is 21.6. The van der Waals surface area contributed by atoms with Crippen LogP contribution in [-0.4, -0.2) is 190 Å². The molecule has 3 aromatic carbocycles. The Labute approximate surface area is 622 Å². The first-order valence-corrected chi connectivity index (χ1v) is 46.4. The molecule has 0 aromatic heterocycles. The van der Waals surface area contributed by atoms with Gasteiger partial charge in [-0.2, -0.15) is 0 Å². The second-order valence-corrected chi connectivity index (χ2v) is 49.0. The molecule has 1 unspecified atom stereocenters. The van der Waals surface area contributed by atoms with E-state index in [9.17, 15) is 24.3 Å². The molecule has 0 bridgehead atoms. The maximum absolute atomic E-state index is 14.7. The van der Waals surface area contributed by atoms with Crippen molar-refractivity contribution in [2.75, 3.05) is 26.7 Å². The Morgan fingerprint density at radius 2 is 1.02 bits per heavy atom. The van der Waals surface area contributed by atoms with Crippen LogP contribution < -0.4 is 16.0 Å². The molecule has 4 aliphatic heterocycles. The van der Waals surface area contributed by atoms with Crippen molar-refractivity contribution in [2.24, 2.45) is 17.8 Å². The molecule has 8 rings (SSSR count). The van der Waals surface area contributed by atoms with Crippen LogP contribution in [0.5, 0.6) is 0 Å². The fraction of sp³-hybridized carbons (Fsp3) is 0.718. The van der Waals surface area contributed by atoms with Gasteiger partial charge < -0.3 is 91.3 Å². The van der Waals surface area contributed by atoms with Gasteiger partial charge in [-0.15, -0.1) is 0 Å². The number of rotatable bonds is 26. The van der Waals surface area contributed by atoms with Gasteiger partial charge in [-0.1, -0.05) is 181 Å². The van der Waals surface area contributed by atoms with E-state index in [0.29, 0.717) is 12.8 Å². The van der Waals surface area contributed by atoms with Crippen LogP contribution in [0.15, 0.2) is 91.0 Å². The van der Waals surface area contributed by atoms with E-state index in [-0.39, 0.29) is 66.8 Å². The maximum atomic E-state index is 14.7. The van der Waals surface area contributed by atoms with Gasteiger partial charge in [0.25, 0.3) is 0 Å². The van der Waals surface area contributed by atoms with E-state index < -0.39 is 171 Å². The highest BCUT2D eigenvalue weighted by atomic mass is 28.4. The van der Waals surface area contributed by atoms with Crippen LogP contribution in [0.3, 0.4) is 0 Å². The highest BCUT2D eigenvalue weighted by molar-refractivity contribution is 6.75. The van der Waals surface area contributed by atoms with E-state index in [0.717, 1.165) is 16.7 Å². The maximum Gasteiger partial charge on any atom is 0.407 e. The number of hydrogen-bond acceptors (Lipinski definition) is 19. The fourth-order valence-corrected chi connectivity index (χ4v) is 17.1. The number of aliphatic hydroxyl groups is 1. The van der Waals surface area contributed by atoms with E-state index in [1.807, 2.05) is 112 Å². The minimum Gasteiger partial charge on any atom is -0.445 e. The quantitative estimate of drug-likeness (QED) is 0.0430. The Morgan fingerprint density at radius 1 is 0.558 bits per heavy atom. The molecule has 1 aliphatic carbocycles. The van der Waals surface area contributed by atoms with Crippen molar-refractivity contribution in [3.63, 3.8) is 0 Å². The van der Waals surface area contributed by atoms with E-state index in [2.05, 4.69) is 124 Å². The third-order valence-electron chi connectivity index (χ3n) is 22.5. The molecular weight excluding hydrogens is 1380 g/mol. The summed E-state index contributed by atoms with van der Waals surface area (Å²) >= 11 is 0. The number of aliphatic hydroxyl groups excluding tert-OH is 1. The molecule has 3 aromatic rings. The van der Waals surface area contributed by atoms with Gasteiger partial charge in [0.15, 0.2) is 50.1 Å². The molecule has 23 nitrogen and oxygen atoms in total. The van der Waals surface area contributed by atoms with Crippen molar-refractivity contribution in [3.05, 3.63) is 108 Å². The Bertz CT molecular complexity index is 3220. The lowest BCUT2D eigenvalue weighted by Crippen LogP contribution is -2.70. The van der Waals surface area contributed by atoms with Crippen LogP contribution in [0.2, 0.25) is 54.4 Å². The largest absolute Gasteiger partial charge is 0.445 e. The second kappa shape index (κ2) is 35.2. The standard InChI is InChI=1S/C78H126N4O19Si3/c1-24-54-63(96-70-59(81-74(87)90-46-51-37-31-27-32-38-51)65(100-103(20,21)77(11,12)13)64(55(25-2)91-70)99-102(18,19)76(8,9)10)67(101-104(22,23)78(14,15)16)71(92-54)97-66-60(84)53(44-57(83)82(17)42-41-79-72(85)98-75(5,6)7)43-48(3)61(66)94-69-58(80-73(86)89-45-50-35-29-26-30-36-50)49(4)62-56(93-69)47-88-68(95-62)52-39-33-28-34-40-52/h26-40,48-49,53-56,58-71,84H,24-25,41-47H2,1-23H3,(H,79,85)(H,80,86)(H,81,87)/t48-,49+,53-,54+,55-,56+,58+,59+,60-,61+,62-,63+,64+,65+,66+,67+,68?,69+,70+,71-/m0/s1. The van der Waals surface area contributed by atoms with Crippen LogP contribution >= 0.6 is 0 Å². The molecule has 4 heterocycles. The van der Waals surface area contributed by atoms with Gasteiger partial charge in [-0.3, -0.25) is 4.79 Å². The predicted octanol–water partition coefficient (Wildman–Crippen LogP) is 14.0. The van der Waals surface area contributed by atoms with Gasteiger partial charge in [0.1, 0.15) is 49.3 Å². The molecule has 5 fully saturated rings. The zero-order valence-corrected chi connectivity index (χ0v) is 69.3. The van der Waals surface area contributed by atoms with Crippen LogP contribution in [-0.2, 0) is 83.4 Å². The van der Waals surface area contributed by atoms with Gasteiger partial charge in [0.2, 0.25) is 5.91 Å². The lowest BCUT2D eigenvalue weighted by atomic mass is 9.74. The Hall–Kier alpha value is -4.89. The smallest absolute Gasteiger partial charge is 0.407 e. The molecule has 584 valence electrons. The highest BCUT2D eigenvalue weighted by Crippen LogP contribution is 2.48. The van der Waals surface area contributed by atoms with Crippen LogP contribution in [0, 0.1) is 17.8 Å². The third kappa shape index (κ3) is 21.7. The van der Waals surface area contributed by atoms with Crippen LogP contribution in [0.25, 0.3) is 0 Å². The Balaban J connectivity index is 1.20. The summed E-state index contributed by atoms with van der Waals surface area (Å²) in [6.45, 7) is 46.4. The summed E-state index contributed by atoms with van der Waals surface area (Å²) in [6.07, 6.45) is -15.1. The van der Waals surface area contributed by atoms with Gasteiger partial charge in [0.05, 0.1) is 55.4 Å². The molecule has 1 saturated carbocycles. The van der Waals surface area contributed by atoms with Crippen molar-refractivity contribution in [2.45, 2.75) is 314 Å². The number of hydrogen-bond donors (Lipinski definition) is 4. The summed E-state index contributed by atoms with van der Waals surface area (Å²) in [5.74, 6) is -1.93. The van der Waals surface area contributed by atoms with Crippen molar-refractivity contribution in [3.8, 4) is 0 Å². The van der Waals surface area contributed by atoms with Crippen molar-refractivity contribution in [1.29, 1.82) is 0 Å². The number of alkyl carbamates (subject to hydrolysis) is 3. The minimum atomic E-state index is -2.90. The number of likely N-dealkylation sites (N-methyl/N-ethyl adjacent to an activating group) is 1. The van der Waals surface area contributed by atoms with Gasteiger partial charge >= 0.3 is 18.3 Å². The lowest BCUT2D eigenvalue weighted by molar-refractivity contribution is -0.353. The molecule has 104 heavy (non-hydrogen) atoms. The van der Waals surface area contributed by atoms with Gasteiger partial charge in [0, 0.05) is 38.0 Å². The summed E-state index contributed by atoms with van der Waals surface area (Å²) < 4.78 is 97.3. The van der Waals surface area contributed by atoms with Gasteiger partial charge in [-0.05, 0) is 117 Å². The van der Waals surface area contributed by atoms with Crippen molar-refractivity contribution >= 4 is 49.1 Å². The summed E-state index contributed by atoms with van der Waals surface area (Å²) in [7, 11) is -6.61. The average Bonchev–Trinajstić information content (AvgIpc) is 1.07. The number of nitrogens with one attached hydrogen (secondary N) is 3. The zero-order valence-electron chi connectivity index (χ0n) is 66.3. The first-order valence-electron chi connectivity index (χ1n) is 37.6. The Morgan fingerprint density at radius 3 is 1.54 bits per heavy atom. The van der Waals surface area contributed by atoms with E-state index >= 15 is 0 Å². The molecule has 4 amide bonds. The molecule has 4 N–H and O–H groups in total. The average molecular weight is 1510 g/mol. The number of carbonyl (C=O) groups excluding carboxylic acids is 4. The van der Waals surface area contributed by atoms with E-state index in [1.54, 1.807) is 27.8 Å². The summed E-state index contributed by atoms with van der Waals surface area (Å²) in [5.41, 5.74) is 1.69. The fourth-order valence-electron chi connectivity index (χ4n) is 13.2. The van der Waals surface area contributed by atoms with Crippen molar-refractivity contribution < 1.29 is 89.7 Å². The Kier molecular flexibility index (Phi) is 28.7. The molecule has 0 radical (unpaired) electrons. The second-order valence-electron chi connectivity index (χ2n) is 34.7. The van der Waals surface area contributed by atoms with Crippen molar-refractivity contribution in [1.82, 2.24) is 20.9 Å². The molecule has 20 atom stereocenters. The molecule has 0 spiro atoms. The number of nitrogens with zero attached hydrogens (tertiary/aromatic N) is 1. The topological polar surface area (TPSA) is 257 Å². The number of carbonyl (C=O) groups is 4. The van der Waals surface area contributed by atoms with Gasteiger partial charge in [-0.25, -0.2) is 14.4 Å². The highest BCUT2D eigenvalue weighted by Gasteiger charge is 2.60. The minimum absolute atomic E-state index is 0.00427. The first kappa shape index (κ1) is 84.7. The SMILES string of the molecule is CC[C@@H]1O[C@H](O[C@H]2[C@@H](O[Si](C)(C)C(C)(C)C)[C@H](O[C@@H]3[C@@H](O)[C@H](CC(=O)N(C)CCNC(=O)OC(C)(C)C)C[C@H](C)[C@H]3O[C@H]3O[C@@H]4COC(c5ccccc5)O[C@H]4[C@H](C)[C@H]3NC(=O)OCc3ccccc3)O[C@@H]2CC)[C@H](NC(=O)OCc2ccccc2)[C@@H](O[Si](C)(C)C(C)(C)C)[C@@H]1O[Si](C)(C)C(C)(C)C. The molecular formula is C78H126N4O19Si3. The summed E-state index contributed by atoms with van der Waals surface area (Å²) in [6, 6.07) is 26.5. The van der Waals surface area contributed by atoms with E-state index in [1.165, 1.54) is 4.90 Å². The normalized spacial score (nSPS) is 30.9. The zero-order chi connectivity index (χ0) is 76.7. The predicted molar refractivity (Wildman–Crippen MR) is 403 cm³/mol. The first-order chi connectivity index (χ1) is 48.5. The van der Waals surface area contributed by atoms with Crippen LogP contribution in [0.1, 0.15) is 159 Å². The van der Waals surface area contributed by atoms with Crippen LogP contribution in [0.4, 0.5) is 14.4 Å². The molecule has 5 aliphatic rings. The molecule has 4 saturated heterocycles. The number of benzene rings is 3. The number of fused-ring (bicyclic) bond motifs is 1. The number of ether oxygens (including phenoxy) is 11. The number of amides is 4. The lowest BCUT2D eigenvalue weighted by Gasteiger charge is -2.53.